The van der Waals surface area contributed by atoms with Crippen molar-refractivity contribution in [1.29, 1.82) is 0 Å². The number of anilines is 8. The van der Waals surface area contributed by atoms with Gasteiger partial charge in [-0.3, -0.25) is 0 Å². The Bertz CT molecular complexity index is 1010. The van der Waals surface area contributed by atoms with E-state index < -0.39 is 0 Å². The van der Waals surface area contributed by atoms with Crippen LogP contribution in [0.25, 0.3) is 0 Å². The van der Waals surface area contributed by atoms with Gasteiger partial charge in [-0.2, -0.15) is 29.9 Å². The molecule has 0 saturated carbocycles. The molecule has 0 amide bonds. The van der Waals surface area contributed by atoms with Gasteiger partial charge in [-0.1, -0.05) is 0 Å². The van der Waals surface area contributed by atoms with Crippen molar-refractivity contribution < 1.29 is 0 Å². The minimum Gasteiger partial charge on any atom is -0.337 e. The van der Waals surface area contributed by atoms with Crippen molar-refractivity contribution in [2.75, 3.05) is 82.6 Å². The van der Waals surface area contributed by atoms with Gasteiger partial charge in [0, 0.05) is 63.7 Å². The van der Waals surface area contributed by atoms with Gasteiger partial charge in [-0.05, 0) is 24.3 Å². The van der Waals surface area contributed by atoms with Crippen LogP contribution in [-0.2, 0) is 0 Å². The molecule has 2 N–H and O–H groups in total. The molecular weight excluding hydrogens is 408 g/mol. The van der Waals surface area contributed by atoms with E-state index in [0.29, 0.717) is 11.9 Å². The molecule has 12 nitrogen and oxygen atoms in total. The summed E-state index contributed by atoms with van der Waals surface area (Å²) in [4.78, 5) is 35.9. The molecule has 1 aromatic carbocycles. The Hall–Kier alpha value is -3.96. The molecule has 12 heteroatoms. The van der Waals surface area contributed by atoms with Gasteiger partial charge in [0.05, 0.1) is 0 Å². The van der Waals surface area contributed by atoms with Gasteiger partial charge >= 0.3 is 0 Å². The van der Waals surface area contributed by atoms with Crippen molar-refractivity contribution >= 4 is 47.1 Å². The second-order valence-electron chi connectivity index (χ2n) is 8.29. The third-order valence-corrected chi connectivity index (χ3v) is 5.54. The summed E-state index contributed by atoms with van der Waals surface area (Å²) in [5.41, 5.74) is 1.81. The zero-order valence-corrected chi connectivity index (χ0v) is 17.4. The van der Waals surface area contributed by atoms with Crippen LogP contribution in [0.3, 0.4) is 0 Å². The van der Waals surface area contributed by atoms with Crippen molar-refractivity contribution in [3.8, 4) is 0 Å². The highest BCUT2D eigenvalue weighted by Crippen LogP contribution is 2.27. The lowest BCUT2D eigenvalue weighted by Crippen LogP contribution is -2.09. The van der Waals surface area contributed by atoms with Crippen molar-refractivity contribution in [2.24, 2.45) is 0 Å². The van der Waals surface area contributed by atoms with Crippen LogP contribution < -0.4 is 30.2 Å². The smallest absolute Gasteiger partial charge is 0.233 e. The highest BCUT2D eigenvalue weighted by Gasteiger charge is 2.28. The Morgan fingerprint density at radius 2 is 0.719 bits per heavy atom. The predicted molar refractivity (Wildman–Crippen MR) is 122 cm³/mol. The van der Waals surface area contributed by atoms with Crippen LogP contribution in [0.15, 0.2) is 24.3 Å². The number of rotatable bonds is 8. The second-order valence-corrected chi connectivity index (χ2v) is 8.29. The molecule has 4 aliphatic rings. The summed E-state index contributed by atoms with van der Waals surface area (Å²) in [6, 6.07) is 7.94. The van der Waals surface area contributed by atoms with Crippen LogP contribution in [0.5, 0.6) is 0 Å². The molecule has 4 saturated heterocycles. The van der Waals surface area contributed by atoms with Gasteiger partial charge in [0.2, 0.25) is 35.7 Å². The lowest BCUT2D eigenvalue weighted by atomic mass is 10.3. The molecule has 0 bridgehead atoms. The fourth-order valence-corrected chi connectivity index (χ4v) is 3.28. The van der Waals surface area contributed by atoms with E-state index in [-0.39, 0.29) is 0 Å². The number of hydrogen-bond donors (Lipinski definition) is 2. The molecule has 0 atom stereocenters. The maximum Gasteiger partial charge on any atom is 0.233 e. The highest BCUT2D eigenvalue weighted by molar-refractivity contribution is 5.64. The Labute approximate surface area is 184 Å². The molecule has 4 fully saturated rings. The molecule has 0 unspecified atom stereocenters. The van der Waals surface area contributed by atoms with E-state index in [0.717, 1.165) is 87.5 Å². The number of nitrogens with one attached hydrogen (secondary N) is 2. The number of aromatic nitrogens is 6. The fourth-order valence-electron chi connectivity index (χ4n) is 3.28. The zero-order chi connectivity index (χ0) is 21.1. The molecule has 0 aliphatic carbocycles. The SMILES string of the molecule is c1cc(Nc2nc(N3CC3)nc(N3CC3)n2)ccc1Nc1nc(N2CC2)nc(N2CC2)n1. The molecule has 7 rings (SSSR count). The topological polar surface area (TPSA) is 113 Å². The Balaban J connectivity index is 1.09. The third kappa shape index (κ3) is 3.74. The Kier molecular flexibility index (Phi) is 3.74. The average molecular weight is 430 g/mol. The van der Waals surface area contributed by atoms with Crippen molar-refractivity contribution in [3.63, 3.8) is 0 Å². The lowest BCUT2D eigenvalue weighted by Gasteiger charge is -2.12. The van der Waals surface area contributed by atoms with E-state index in [1.807, 2.05) is 24.3 Å². The van der Waals surface area contributed by atoms with Crippen LogP contribution in [0.2, 0.25) is 0 Å². The minimum absolute atomic E-state index is 0.563. The minimum atomic E-state index is 0.563. The summed E-state index contributed by atoms with van der Waals surface area (Å²) in [6.07, 6.45) is 0. The Morgan fingerprint density at radius 1 is 0.438 bits per heavy atom. The fraction of sp³-hybridized carbons (Fsp3) is 0.400. The van der Waals surface area contributed by atoms with E-state index in [1.54, 1.807) is 0 Å². The van der Waals surface area contributed by atoms with Crippen molar-refractivity contribution in [2.45, 2.75) is 0 Å². The first-order chi connectivity index (χ1) is 15.8. The number of benzene rings is 1. The average Bonchev–Trinajstić information content (AvgIpc) is 3.69. The molecule has 4 aliphatic heterocycles. The van der Waals surface area contributed by atoms with E-state index in [9.17, 15) is 0 Å². The van der Waals surface area contributed by atoms with Crippen molar-refractivity contribution in [3.05, 3.63) is 24.3 Å². The van der Waals surface area contributed by atoms with Crippen LogP contribution >= 0.6 is 0 Å². The van der Waals surface area contributed by atoms with Gasteiger partial charge in [0.15, 0.2) is 0 Å². The summed E-state index contributed by atoms with van der Waals surface area (Å²) >= 11 is 0. The Morgan fingerprint density at radius 3 is 0.969 bits per heavy atom. The molecule has 162 valence electrons. The molecular formula is C20H22N12. The van der Waals surface area contributed by atoms with E-state index in [4.69, 9.17) is 0 Å². The van der Waals surface area contributed by atoms with Gasteiger partial charge < -0.3 is 30.2 Å². The van der Waals surface area contributed by atoms with Crippen LogP contribution in [0.1, 0.15) is 0 Å². The van der Waals surface area contributed by atoms with Crippen LogP contribution in [-0.4, -0.2) is 82.3 Å². The van der Waals surface area contributed by atoms with Gasteiger partial charge in [0.25, 0.3) is 0 Å². The molecule has 2 aromatic heterocycles. The first-order valence-corrected chi connectivity index (χ1v) is 10.9. The van der Waals surface area contributed by atoms with Gasteiger partial charge in [-0.15, -0.1) is 0 Å². The van der Waals surface area contributed by atoms with E-state index in [1.165, 1.54) is 0 Å². The lowest BCUT2D eigenvalue weighted by molar-refractivity contribution is 1.00. The molecule has 3 aromatic rings. The summed E-state index contributed by atoms with van der Waals surface area (Å²) in [5.74, 6) is 4.08. The maximum atomic E-state index is 4.57. The highest BCUT2D eigenvalue weighted by atomic mass is 15.4. The largest absolute Gasteiger partial charge is 0.337 e. The summed E-state index contributed by atoms with van der Waals surface area (Å²) in [5, 5.41) is 6.62. The van der Waals surface area contributed by atoms with Crippen LogP contribution in [0.4, 0.5) is 47.1 Å². The molecule has 0 spiro atoms. The van der Waals surface area contributed by atoms with Crippen molar-refractivity contribution in [1.82, 2.24) is 29.9 Å². The number of nitrogens with zero attached hydrogens (tertiary/aromatic N) is 10. The van der Waals surface area contributed by atoms with Gasteiger partial charge in [-0.25, -0.2) is 0 Å². The molecule has 32 heavy (non-hydrogen) atoms. The van der Waals surface area contributed by atoms with E-state index >= 15 is 0 Å². The zero-order valence-electron chi connectivity index (χ0n) is 17.4. The second kappa shape index (κ2) is 6.77. The first-order valence-electron chi connectivity index (χ1n) is 10.9. The standard InChI is InChI=1S/C20H22N12/c1-2-14(22-16-25-19(31-9-10-31)28-20(26-16)32-11-12-32)4-3-13(1)21-15-23-17(29-5-6-29)27-18(24-15)30-7-8-30/h1-4H,5-12H2,(H,21,23,24,27)(H,22,25,26,28). The summed E-state index contributed by atoms with van der Waals surface area (Å²) < 4.78 is 0. The molecule has 0 radical (unpaired) electrons. The van der Waals surface area contributed by atoms with E-state index in [2.05, 4.69) is 60.1 Å². The molecule has 6 heterocycles. The quantitative estimate of drug-likeness (QED) is 0.493. The normalized spacial score (nSPS) is 18.0. The summed E-state index contributed by atoms with van der Waals surface area (Å²) in [7, 11) is 0. The van der Waals surface area contributed by atoms with Gasteiger partial charge in [0.1, 0.15) is 0 Å². The monoisotopic (exact) mass is 430 g/mol. The number of hydrogen-bond acceptors (Lipinski definition) is 12. The first kappa shape index (κ1) is 17.7. The predicted octanol–water partition coefficient (Wildman–Crippen LogP) is 0.824. The maximum absolute atomic E-state index is 4.57. The summed E-state index contributed by atoms with van der Waals surface area (Å²) in [6.45, 7) is 7.99. The van der Waals surface area contributed by atoms with Crippen LogP contribution in [0, 0.1) is 0 Å². The third-order valence-electron chi connectivity index (χ3n) is 5.54.